The van der Waals surface area contributed by atoms with E-state index in [0.29, 0.717) is 6.79 Å². The number of rotatable bonds is 1. The molecular weight excluding hydrogens is 220 g/mol. The molecule has 0 atom stereocenters. The lowest BCUT2D eigenvalue weighted by molar-refractivity contribution is 0.174. The Hall–Kier alpha value is -0.700. The highest BCUT2D eigenvalue weighted by Crippen LogP contribution is 2.36. The van der Waals surface area contributed by atoms with E-state index >= 15 is 0 Å². The standard InChI is InChI=1S/C9H9BrO2/c1-2-6-3-8-9(4-7(6)10)12-5-11-8/h3-4H,2,5H2,1H3. The Balaban J connectivity index is 2.49. The fourth-order valence-electron chi connectivity index (χ4n) is 1.23. The van der Waals surface area contributed by atoms with Crippen LogP contribution in [-0.2, 0) is 6.42 Å². The third-order valence-electron chi connectivity index (χ3n) is 1.92. The number of hydrogen-bond donors (Lipinski definition) is 0. The van der Waals surface area contributed by atoms with Crippen molar-refractivity contribution in [2.45, 2.75) is 13.3 Å². The van der Waals surface area contributed by atoms with E-state index in [1.54, 1.807) is 0 Å². The highest BCUT2D eigenvalue weighted by molar-refractivity contribution is 9.10. The summed E-state index contributed by atoms with van der Waals surface area (Å²) >= 11 is 3.47. The highest BCUT2D eigenvalue weighted by Gasteiger charge is 2.15. The zero-order valence-electron chi connectivity index (χ0n) is 6.76. The molecule has 2 rings (SSSR count). The van der Waals surface area contributed by atoms with Gasteiger partial charge in [-0.3, -0.25) is 0 Å². The first-order valence-corrected chi connectivity index (χ1v) is 4.68. The maximum Gasteiger partial charge on any atom is 0.231 e. The zero-order valence-corrected chi connectivity index (χ0v) is 8.35. The second-order valence-electron chi connectivity index (χ2n) is 2.65. The molecule has 1 aromatic rings. The van der Waals surface area contributed by atoms with Crippen LogP contribution in [0.25, 0.3) is 0 Å². The molecule has 12 heavy (non-hydrogen) atoms. The molecule has 0 unspecified atom stereocenters. The molecule has 1 aliphatic heterocycles. The fraction of sp³-hybridized carbons (Fsp3) is 0.333. The van der Waals surface area contributed by atoms with Gasteiger partial charge >= 0.3 is 0 Å². The van der Waals surface area contributed by atoms with Gasteiger partial charge in [-0.2, -0.15) is 0 Å². The minimum atomic E-state index is 0.342. The molecule has 0 spiro atoms. The van der Waals surface area contributed by atoms with E-state index < -0.39 is 0 Å². The van der Waals surface area contributed by atoms with Crippen molar-refractivity contribution >= 4 is 15.9 Å². The third-order valence-corrected chi connectivity index (χ3v) is 2.66. The van der Waals surface area contributed by atoms with Crippen molar-refractivity contribution in [1.29, 1.82) is 0 Å². The number of aryl methyl sites for hydroxylation is 1. The second kappa shape index (κ2) is 2.98. The molecule has 0 N–H and O–H groups in total. The Morgan fingerprint density at radius 1 is 1.33 bits per heavy atom. The summed E-state index contributed by atoms with van der Waals surface area (Å²) in [6, 6.07) is 3.98. The van der Waals surface area contributed by atoms with Crippen molar-refractivity contribution < 1.29 is 9.47 Å². The van der Waals surface area contributed by atoms with E-state index in [2.05, 4.69) is 22.9 Å². The van der Waals surface area contributed by atoms with Crippen LogP contribution in [0.4, 0.5) is 0 Å². The Bertz CT molecular complexity index is 309. The van der Waals surface area contributed by atoms with Crippen LogP contribution in [0.3, 0.4) is 0 Å². The maximum atomic E-state index is 5.25. The quantitative estimate of drug-likeness (QED) is 0.737. The maximum absolute atomic E-state index is 5.25. The number of fused-ring (bicyclic) bond motifs is 1. The topological polar surface area (TPSA) is 18.5 Å². The summed E-state index contributed by atoms with van der Waals surface area (Å²) in [6.07, 6.45) is 0.997. The smallest absolute Gasteiger partial charge is 0.231 e. The normalized spacial score (nSPS) is 13.5. The van der Waals surface area contributed by atoms with Crippen molar-refractivity contribution in [1.82, 2.24) is 0 Å². The van der Waals surface area contributed by atoms with Gasteiger partial charge < -0.3 is 9.47 Å². The molecule has 1 aliphatic rings. The molecule has 1 aromatic carbocycles. The van der Waals surface area contributed by atoms with E-state index in [0.717, 1.165) is 22.4 Å². The van der Waals surface area contributed by atoms with Crippen LogP contribution in [0.1, 0.15) is 12.5 Å². The average molecular weight is 229 g/mol. The van der Waals surface area contributed by atoms with E-state index in [1.807, 2.05) is 12.1 Å². The Morgan fingerprint density at radius 2 is 2.00 bits per heavy atom. The minimum Gasteiger partial charge on any atom is -0.454 e. The lowest BCUT2D eigenvalue weighted by Crippen LogP contribution is -1.92. The molecule has 2 nitrogen and oxygen atoms in total. The van der Waals surface area contributed by atoms with Gasteiger partial charge in [-0.25, -0.2) is 0 Å². The molecule has 0 saturated carbocycles. The van der Waals surface area contributed by atoms with Gasteiger partial charge in [0.1, 0.15) is 0 Å². The van der Waals surface area contributed by atoms with E-state index in [-0.39, 0.29) is 0 Å². The van der Waals surface area contributed by atoms with Gasteiger partial charge in [0.15, 0.2) is 11.5 Å². The van der Waals surface area contributed by atoms with E-state index in [1.165, 1.54) is 5.56 Å². The van der Waals surface area contributed by atoms with Crippen molar-refractivity contribution in [3.05, 3.63) is 22.2 Å². The molecule has 3 heteroatoms. The van der Waals surface area contributed by atoms with Crippen molar-refractivity contribution in [3.8, 4) is 11.5 Å². The summed E-state index contributed by atoms with van der Waals surface area (Å²) in [4.78, 5) is 0. The fourth-order valence-corrected chi connectivity index (χ4v) is 1.83. The molecule has 0 aliphatic carbocycles. The van der Waals surface area contributed by atoms with Gasteiger partial charge in [-0.15, -0.1) is 0 Å². The van der Waals surface area contributed by atoms with Crippen molar-refractivity contribution in [3.63, 3.8) is 0 Å². The van der Waals surface area contributed by atoms with Crippen molar-refractivity contribution in [2.75, 3.05) is 6.79 Å². The van der Waals surface area contributed by atoms with Gasteiger partial charge in [0.2, 0.25) is 6.79 Å². The monoisotopic (exact) mass is 228 g/mol. The summed E-state index contributed by atoms with van der Waals surface area (Å²) in [5.41, 5.74) is 1.25. The summed E-state index contributed by atoms with van der Waals surface area (Å²) < 4.78 is 11.6. The van der Waals surface area contributed by atoms with E-state index in [4.69, 9.17) is 9.47 Å². The Kier molecular flexibility index (Phi) is 1.97. The van der Waals surface area contributed by atoms with Crippen LogP contribution >= 0.6 is 15.9 Å². The van der Waals surface area contributed by atoms with Crippen LogP contribution in [0.2, 0.25) is 0 Å². The lowest BCUT2D eigenvalue weighted by atomic mass is 10.1. The average Bonchev–Trinajstić information content (AvgIpc) is 2.49. The highest BCUT2D eigenvalue weighted by atomic mass is 79.9. The predicted molar refractivity (Wildman–Crippen MR) is 49.6 cm³/mol. The zero-order chi connectivity index (χ0) is 8.55. The number of ether oxygens (including phenoxy) is 2. The van der Waals surface area contributed by atoms with Gasteiger partial charge in [0, 0.05) is 4.47 Å². The first-order valence-electron chi connectivity index (χ1n) is 3.89. The Morgan fingerprint density at radius 3 is 2.67 bits per heavy atom. The largest absolute Gasteiger partial charge is 0.454 e. The van der Waals surface area contributed by atoms with Gasteiger partial charge in [0.05, 0.1) is 0 Å². The predicted octanol–water partition coefficient (Wildman–Crippen LogP) is 2.74. The Labute approximate surface area is 79.6 Å². The summed E-state index contributed by atoms with van der Waals surface area (Å²) in [7, 11) is 0. The number of hydrogen-bond acceptors (Lipinski definition) is 2. The van der Waals surface area contributed by atoms with E-state index in [9.17, 15) is 0 Å². The molecular formula is C9H9BrO2. The summed E-state index contributed by atoms with van der Waals surface area (Å²) in [5.74, 6) is 1.69. The molecule has 0 saturated heterocycles. The minimum absolute atomic E-state index is 0.342. The van der Waals surface area contributed by atoms with Gasteiger partial charge in [-0.1, -0.05) is 22.9 Å². The van der Waals surface area contributed by atoms with Crippen LogP contribution in [0.15, 0.2) is 16.6 Å². The molecule has 0 radical (unpaired) electrons. The second-order valence-corrected chi connectivity index (χ2v) is 3.50. The first kappa shape index (κ1) is 7.92. The number of benzene rings is 1. The lowest BCUT2D eigenvalue weighted by Gasteiger charge is -2.02. The van der Waals surface area contributed by atoms with Crippen molar-refractivity contribution in [2.24, 2.45) is 0 Å². The van der Waals surface area contributed by atoms with Crippen LogP contribution < -0.4 is 9.47 Å². The summed E-state index contributed by atoms with van der Waals surface area (Å²) in [5, 5.41) is 0. The molecule has 0 fully saturated rings. The van der Waals surface area contributed by atoms with Gasteiger partial charge in [0.25, 0.3) is 0 Å². The first-order chi connectivity index (χ1) is 5.81. The molecule has 1 heterocycles. The van der Waals surface area contributed by atoms with Crippen LogP contribution in [0, 0.1) is 0 Å². The molecule has 64 valence electrons. The molecule has 0 bridgehead atoms. The SMILES string of the molecule is CCc1cc2c(cc1Br)OCO2. The summed E-state index contributed by atoms with van der Waals surface area (Å²) in [6.45, 7) is 2.46. The van der Waals surface area contributed by atoms with Gasteiger partial charge in [-0.05, 0) is 24.1 Å². The van der Waals surface area contributed by atoms with Crippen LogP contribution in [-0.4, -0.2) is 6.79 Å². The molecule has 0 aromatic heterocycles. The molecule has 0 amide bonds. The third kappa shape index (κ3) is 1.18. The van der Waals surface area contributed by atoms with Crippen LogP contribution in [0.5, 0.6) is 11.5 Å². The number of halogens is 1.